The zero-order valence-corrected chi connectivity index (χ0v) is 23.5. The van der Waals surface area contributed by atoms with E-state index in [9.17, 15) is 19.8 Å². The van der Waals surface area contributed by atoms with Crippen molar-refractivity contribution in [3.05, 3.63) is 16.6 Å². The fraction of sp³-hybridized carbons (Fsp3) is 0.741. The number of rotatable bonds is 3. The van der Waals surface area contributed by atoms with Gasteiger partial charge in [0.1, 0.15) is 16.2 Å². The van der Waals surface area contributed by atoms with E-state index in [0.717, 1.165) is 47.7 Å². The Hall–Kier alpha value is -1.22. The number of ether oxygens (including phenoxy) is 1. The first-order valence-corrected chi connectivity index (χ1v) is 14.8. The summed E-state index contributed by atoms with van der Waals surface area (Å²) < 4.78 is 6.91. The zero-order valence-electron chi connectivity index (χ0n) is 21.8. The Bertz CT molecular complexity index is 926. The van der Waals surface area contributed by atoms with E-state index >= 15 is 0 Å². The second kappa shape index (κ2) is 11.9. The topological polar surface area (TPSA) is 96.7 Å². The summed E-state index contributed by atoms with van der Waals surface area (Å²) in [7, 11) is 0. The number of ketones is 1. The maximum absolute atomic E-state index is 13.2. The number of hydrogen-bond acceptors (Lipinski definition) is 8. The summed E-state index contributed by atoms with van der Waals surface area (Å²) in [6.45, 7) is 8.98. The largest absolute Gasteiger partial charge is 0.458 e. The molecule has 0 amide bonds. The van der Waals surface area contributed by atoms with Crippen molar-refractivity contribution in [3.8, 4) is 0 Å². The maximum atomic E-state index is 13.2. The molecule has 8 heteroatoms. The average Bonchev–Trinajstić information content (AvgIpc) is 3.38. The number of carbonyl (C=O) groups excluding carboxylic acids is 2. The number of thioether (sulfide) groups is 1. The molecule has 0 unspecified atom stereocenters. The molecule has 0 aromatic carbocycles. The molecule has 1 aromatic heterocycles. The lowest BCUT2D eigenvalue weighted by Crippen LogP contribution is -2.45. The van der Waals surface area contributed by atoms with Crippen molar-refractivity contribution in [2.45, 2.75) is 95.8 Å². The molecule has 1 aliphatic heterocycles. The first-order chi connectivity index (χ1) is 16.4. The predicted octanol–water partition coefficient (Wildman–Crippen LogP) is 5.37. The van der Waals surface area contributed by atoms with Crippen molar-refractivity contribution in [2.75, 3.05) is 6.26 Å². The lowest BCUT2D eigenvalue weighted by Gasteiger charge is -2.34. The van der Waals surface area contributed by atoms with E-state index < -0.39 is 29.5 Å². The molecule has 0 bridgehead atoms. The van der Waals surface area contributed by atoms with Gasteiger partial charge in [-0.3, -0.25) is 9.59 Å². The molecule has 2 heterocycles. The van der Waals surface area contributed by atoms with Gasteiger partial charge in [0.05, 0.1) is 29.7 Å². The molecule has 1 aliphatic carbocycles. The second-order valence-electron chi connectivity index (χ2n) is 11.1. The highest BCUT2D eigenvalue weighted by Crippen LogP contribution is 2.47. The molecule has 1 saturated carbocycles. The summed E-state index contributed by atoms with van der Waals surface area (Å²) in [5.74, 6) is -0.249. The summed E-state index contributed by atoms with van der Waals surface area (Å²) in [4.78, 5) is 30.7. The minimum atomic E-state index is -1.19. The molecule has 0 radical (unpaired) electrons. The molecule has 35 heavy (non-hydrogen) atoms. The highest BCUT2D eigenvalue weighted by Gasteiger charge is 2.43. The van der Waals surface area contributed by atoms with Gasteiger partial charge in [-0.2, -0.15) is 0 Å². The molecule has 1 saturated heterocycles. The molecule has 196 valence electrons. The smallest absolute Gasteiger partial charge is 0.309 e. The predicted molar refractivity (Wildman–Crippen MR) is 141 cm³/mol. The Morgan fingerprint density at radius 2 is 1.91 bits per heavy atom. The number of nitrogens with zero attached hydrogens (tertiary/aromatic N) is 1. The van der Waals surface area contributed by atoms with Gasteiger partial charge >= 0.3 is 5.97 Å². The molecule has 2 fully saturated rings. The lowest BCUT2D eigenvalue weighted by molar-refractivity contribution is -0.154. The Labute approximate surface area is 217 Å². The highest BCUT2D eigenvalue weighted by molar-refractivity contribution is 8.00. The van der Waals surface area contributed by atoms with Gasteiger partial charge in [-0.15, -0.1) is 11.3 Å². The Morgan fingerprint density at radius 3 is 2.57 bits per heavy atom. The van der Waals surface area contributed by atoms with Gasteiger partial charge in [-0.1, -0.05) is 52.3 Å². The molecular formula is C27H41NO5S2. The van der Waals surface area contributed by atoms with Gasteiger partial charge in [0.2, 0.25) is 0 Å². The standard InChI is InChI=1S/C27H41NO5S2/c1-15-8-7-9-18-11-19(18)12-21(16(2)10-20-14-35-26(28-20)34-6)33-23(30)13-22(29)27(4,5)25(32)17(3)24(15)31/h10,14-15,17-19,21-22,24,29,31H,7-9,11-13H2,1-6H3/b16-10+/t15-,17+,18-,19-,21-,22-,24-/m0/s1. The van der Waals surface area contributed by atoms with Crippen LogP contribution in [0, 0.1) is 29.1 Å². The van der Waals surface area contributed by atoms with Gasteiger partial charge in [-0.25, -0.2) is 4.98 Å². The van der Waals surface area contributed by atoms with Crippen molar-refractivity contribution >= 4 is 40.9 Å². The number of aliphatic hydroxyl groups excluding tert-OH is 2. The van der Waals surface area contributed by atoms with Crippen molar-refractivity contribution in [1.82, 2.24) is 4.98 Å². The third kappa shape index (κ3) is 7.18. The summed E-state index contributed by atoms with van der Waals surface area (Å²) in [5.41, 5.74) is 0.631. The summed E-state index contributed by atoms with van der Waals surface area (Å²) in [6, 6.07) is 0. The quantitative estimate of drug-likeness (QED) is 0.406. The molecule has 2 N–H and O–H groups in total. The van der Waals surface area contributed by atoms with E-state index in [-0.39, 0.29) is 24.2 Å². The van der Waals surface area contributed by atoms with E-state index in [0.29, 0.717) is 11.8 Å². The van der Waals surface area contributed by atoms with Crippen LogP contribution in [0.15, 0.2) is 15.3 Å². The molecule has 1 aromatic rings. The Balaban J connectivity index is 1.81. The van der Waals surface area contributed by atoms with Gasteiger partial charge in [0, 0.05) is 11.3 Å². The number of thiazole rings is 1. The minimum Gasteiger partial charge on any atom is -0.458 e. The number of fused-ring (bicyclic) bond motifs is 1. The van der Waals surface area contributed by atoms with E-state index in [1.807, 2.05) is 31.6 Å². The Kier molecular flexibility index (Phi) is 9.63. The van der Waals surface area contributed by atoms with Crippen LogP contribution in [0.2, 0.25) is 0 Å². The van der Waals surface area contributed by atoms with E-state index in [4.69, 9.17) is 4.74 Å². The average molecular weight is 524 g/mol. The normalized spacial score (nSPS) is 35.3. The second-order valence-corrected chi connectivity index (χ2v) is 13.0. The van der Waals surface area contributed by atoms with Crippen molar-refractivity contribution in [2.24, 2.45) is 29.1 Å². The number of aromatic nitrogens is 1. The van der Waals surface area contributed by atoms with Crippen molar-refractivity contribution in [3.63, 3.8) is 0 Å². The van der Waals surface area contributed by atoms with Gasteiger partial charge < -0.3 is 14.9 Å². The molecular weight excluding hydrogens is 482 g/mol. The number of Topliss-reactive ketones (excluding diaryl/α,β-unsaturated/α-hetero) is 1. The fourth-order valence-electron chi connectivity index (χ4n) is 5.20. The highest BCUT2D eigenvalue weighted by atomic mass is 32.2. The fourth-order valence-corrected chi connectivity index (χ4v) is 6.43. The van der Waals surface area contributed by atoms with Crippen LogP contribution in [-0.4, -0.2) is 51.5 Å². The number of aliphatic hydroxyl groups is 2. The van der Waals surface area contributed by atoms with Gasteiger partial charge in [0.25, 0.3) is 0 Å². The van der Waals surface area contributed by atoms with Crippen LogP contribution >= 0.6 is 23.1 Å². The molecule has 3 rings (SSSR count). The number of cyclic esters (lactones) is 1. The Morgan fingerprint density at radius 1 is 1.20 bits per heavy atom. The third-order valence-electron chi connectivity index (χ3n) is 7.99. The SMILES string of the molecule is CSc1nc(/C=C(\C)[C@@H]2C[C@@H]3C[C@@H]3CCC[C@H](C)[C@H](O)[C@@H](C)C(=O)C(C)(C)[C@@H](O)CC(=O)O2)cs1. The van der Waals surface area contributed by atoms with Crippen LogP contribution in [0.25, 0.3) is 6.08 Å². The van der Waals surface area contributed by atoms with Crippen molar-refractivity contribution in [1.29, 1.82) is 0 Å². The summed E-state index contributed by atoms with van der Waals surface area (Å²) >= 11 is 3.20. The van der Waals surface area contributed by atoms with Gasteiger partial charge in [-0.05, 0) is 61.8 Å². The van der Waals surface area contributed by atoms with Crippen LogP contribution in [0.1, 0.15) is 78.8 Å². The van der Waals surface area contributed by atoms with Gasteiger partial charge in [0.15, 0.2) is 0 Å². The number of hydrogen-bond donors (Lipinski definition) is 2. The monoisotopic (exact) mass is 523 g/mol. The van der Waals surface area contributed by atoms with E-state index in [2.05, 4.69) is 4.98 Å². The summed E-state index contributed by atoms with van der Waals surface area (Å²) in [5, 5.41) is 23.7. The first kappa shape index (κ1) is 28.4. The molecule has 2 aliphatic rings. The molecule has 6 nitrogen and oxygen atoms in total. The van der Waals surface area contributed by atoms with E-state index in [1.54, 1.807) is 43.9 Å². The van der Waals surface area contributed by atoms with Crippen LogP contribution in [0.3, 0.4) is 0 Å². The van der Waals surface area contributed by atoms with Crippen LogP contribution in [0.4, 0.5) is 0 Å². The molecule has 0 spiro atoms. The van der Waals surface area contributed by atoms with Crippen LogP contribution < -0.4 is 0 Å². The maximum Gasteiger partial charge on any atom is 0.309 e. The lowest BCUT2D eigenvalue weighted by atomic mass is 9.73. The van der Waals surface area contributed by atoms with Crippen molar-refractivity contribution < 1.29 is 24.5 Å². The first-order valence-electron chi connectivity index (χ1n) is 12.7. The van der Waals surface area contributed by atoms with E-state index in [1.165, 1.54) is 0 Å². The van der Waals surface area contributed by atoms with Crippen LogP contribution in [-0.2, 0) is 14.3 Å². The molecule has 7 atom stereocenters. The van der Waals surface area contributed by atoms with Crippen LogP contribution in [0.5, 0.6) is 0 Å². The zero-order chi connectivity index (χ0) is 25.9. The summed E-state index contributed by atoms with van der Waals surface area (Å²) in [6.07, 6.45) is 6.21. The minimum absolute atomic E-state index is 0.000763. The third-order valence-corrected chi connectivity index (χ3v) is 9.87. The number of esters is 1. The number of carbonyl (C=O) groups is 2.